The van der Waals surface area contributed by atoms with E-state index in [1.807, 2.05) is 0 Å². The van der Waals surface area contributed by atoms with E-state index >= 15 is 0 Å². The van der Waals surface area contributed by atoms with Crippen molar-refractivity contribution in [3.63, 3.8) is 0 Å². The Kier molecular flexibility index (Phi) is 4.59. The zero-order chi connectivity index (χ0) is 13.7. The first-order chi connectivity index (χ1) is 8.45. The van der Waals surface area contributed by atoms with Gasteiger partial charge in [0.25, 0.3) is 5.69 Å². The van der Waals surface area contributed by atoms with Gasteiger partial charge >= 0.3 is 0 Å². The van der Waals surface area contributed by atoms with Gasteiger partial charge in [-0.15, -0.1) is 0 Å². The van der Waals surface area contributed by atoms with E-state index in [0.29, 0.717) is 5.56 Å². The number of nitro groups is 1. The van der Waals surface area contributed by atoms with Gasteiger partial charge in [-0.1, -0.05) is 0 Å². The van der Waals surface area contributed by atoms with Crippen LogP contribution >= 0.6 is 0 Å². The molecule has 1 aromatic carbocycles. The van der Waals surface area contributed by atoms with Gasteiger partial charge in [0.1, 0.15) is 11.5 Å². The molecule has 0 saturated carbocycles. The second kappa shape index (κ2) is 5.95. The van der Waals surface area contributed by atoms with Crippen LogP contribution in [0.1, 0.15) is 12.0 Å². The Bertz CT molecular complexity index is 477. The lowest BCUT2D eigenvalue weighted by Gasteiger charge is -2.08. The molecule has 0 aliphatic rings. The summed E-state index contributed by atoms with van der Waals surface area (Å²) in [5.74, 6) is -0.803. The van der Waals surface area contributed by atoms with Crippen molar-refractivity contribution in [2.45, 2.75) is 13.3 Å². The topological polar surface area (TPSA) is 84.3 Å². The van der Waals surface area contributed by atoms with Gasteiger partial charge in [-0.25, -0.2) is 4.39 Å². The summed E-state index contributed by atoms with van der Waals surface area (Å²) in [7, 11) is 1.51. The van der Waals surface area contributed by atoms with Crippen LogP contribution < -0.4 is 10.6 Å². The number of benzene rings is 1. The Balaban J connectivity index is 2.83. The number of amides is 1. The van der Waals surface area contributed by atoms with Crippen LogP contribution in [-0.4, -0.2) is 24.4 Å². The molecule has 0 radical (unpaired) electrons. The zero-order valence-electron chi connectivity index (χ0n) is 10.1. The second-order valence-corrected chi connectivity index (χ2v) is 3.73. The molecule has 0 aliphatic carbocycles. The smallest absolute Gasteiger partial charge is 0.295 e. The number of nitro benzene ring substituents is 1. The first-order valence-corrected chi connectivity index (χ1v) is 5.34. The Morgan fingerprint density at radius 3 is 2.72 bits per heavy atom. The first-order valence-electron chi connectivity index (χ1n) is 5.34. The summed E-state index contributed by atoms with van der Waals surface area (Å²) in [4.78, 5) is 21.1. The van der Waals surface area contributed by atoms with E-state index in [2.05, 4.69) is 10.6 Å². The molecule has 7 heteroatoms. The molecule has 2 N–H and O–H groups in total. The molecule has 1 aromatic rings. The standard InChI is InChI=1S/C11H14FN3O3/c1-7-5-9(14-4-3-11(16)13-2)10(15(17)18)6-8(7)12/h5-6,14H,3-4H2,1-2H3,(H,13,16). The predicted octanol–water partition coefficient (Wildman–Crippen LogP) is 1.59. The third-order valence-corrected chi connectivity index (χ3v) is 2.42. The van der Waals surface area contributed by atoms with Gasteiger partial charge in [0.2, 0.25) is 5.91 Å². The van der Waals surface area contributed by atoms with Gasteiger partial charge < -0.3 is 10.6 Å². The van der Waals surface area contributed by atoms with E-state index < -0.39 is 10.7 Å². The van der Waals surface area contributed by atoms with E-state index in [1.54, 1.807) is 0 Å². The summed E-state index contributed by atoms with van der Waals surface area (Å²) >= 11 is 0. The number of hydrogen-bond acceptors (Lipinski definition) is 4. The molecule has 6 nitrogen and oxygen atoms in total. The molecule has 0 spiro atoms. The molecule has 1 rings (SSSR count). The van der Waals surface area contributed by atoms with Crippen molar-refractivity contribution >= 4 is 17.3 Å². The summed E-state index contributed by atoms with van der Waals surface area (Å²) in [6.07, 6.45) is 0.185. The van der Waals surface area contributed by atoms with Gasteiger partial charge in [0, 0.05) is 20.0 Å². The maximum atomic E-state index is 13.2. The Labute approximate surface area is 103 Å². The summed E-state index contributed by atoms with van der Waals surface area (Å²) in [6, 6.07) is 2.23. The van der Waals surface area contributed by atoms with Crippen molar-refractivity contribution in [3.05, 3.63) is 33.6 Å². The average Bonchev–Trinajstić information content (AvgIpc) is 2.32. The zero-order valence-corrected chi connectivity index (χ0v) is 10.1. The van der Waals surface area contributed by atoms with Crippen LogP contribution in [0.3, 0.4) is 0 Å². The molecule has 1 amide bonds. The minimum absolute atomic E-state index is 0.177. The average molecular weight is 255 g/mol. The number of rotatable bonds is 5. The number of carbonyl (C=O) groups excluding carboxylic acids is 1. The van der Waals surface area contributed by atoms with Crippen LogP contribution in [0.25, 0.3) is 0 Å². The lowest BCUT2D eigenvalue weighted by atomic mass is 10.1. The lowest BCUT2D eigenvalue weighted by molar-refractivity contribution is -0.384. The number of nitrogens with zero attached hydrogens (tertiary/aromatic N) is 1. The molecule has 0 saturated heterocycles. The SMILES string of the molecule is CNC(=O)CCNc1cc(C)c(F)cc1[N+](=O)[O-]. The van der Waals surface area contributed by atoms with E-state index in [4.69, 9.17) is 0 Å². The van der Waals surface area contributed by atoms with E-state index in [0.717, 1.165) is 6.07 Å². The quantitative estimate of drug-likeness (QED) is 0.618. The highest BCUT2D eigenvalue weighted by atomic mass is 19.1. The van der Waals surface area contributed by atoms with E-state index in [-0.39, 0.29) is 30.2 Å². The van der Waals surface area contributed by atoms with Crippen molar-refractivity contribution in [3.8, 4) is 0 Å². The number of carbonyl (C=O) groups is 1. The highest BCUT2D eigenvalue weighted by Gasteiger charge is 2.16. The van der Waals surface area contributed by atoms with Crippen LogP contribution in [-0.2, 0) is 4.79 Å². The molecular weight excluding hydrogens is 241 g/mol. The van der Waals surface area contributed by atoms with Crippen molar-refractivity contribution in [2.75, 3.05) is 18.9 Å². The molecule has 0 aliphatic heterocycles. The van der Waals surface area contributed by atoms with E-state index in [9.17, 15) is 19.3 Å². The fraction of sp³-hybridized carbons (Fsp3) is 0.364. The predicted molar refractivity (Wildman–Crippen MR) is 65.0 cm³/mol. The molecule has 0 aromatic heterocycles. The number of anilines is 1. The third kappa shape index (κ3) is 3.41. The van der Waals surface area contributed by atoms with Crippen molar-refractivity contribution < 1.29 is 14.1 Å². The summed E-state index contributed by atoms with van der Waals surface area (Å²) in [5, 5.41) is 16.0. The van der Waals surface area contributed by atoms with Crippen LogP contribution in [0.5, 0.6) is 0 Å². The van der Waals surface area contributed by atoms with Gasteiger partial charge in [-0.05, 0) is 18.6 Å². The van der Waals surface area contributed by atoms with Crippen LogP contribution in [0.2, 0.25) is 0 Å². The van der Waals surface area contributed by atoms with Gasteiger partial charge in [-0.3, -0.25) is 14.9 Å². The van der Waals surface area contributed by atoms with E-state index in [1.165, 1.54) is 20.0 Å². The van der Waals surface area contributed by atoms with Gasteiger partial charge in [0.05, 0.1) is 11.0 Å². The third-order valence-electron chi connectivity index (χ3n) is 2.42. The Morgan fingerprint density at radius 2 is 2.17 bits per heavy atom. The number of halogens is 1. The normalized spacial score (nSPS) is 9.94. The molecule has 0 heterocycles. The van der Waals surface area contributed by atoms with Crippen molar-refractivity contribution in [2.24, 2.45) is 0 Å². The van der Waals surface area contributed by atoms with Crippen LogP contribution in [0, 0.1) is 22.9 Å². The summed E-state index contributed by atoms with van der Waals surface area (Å²) in [5.41, 5.74) is 0.181. The fourth-order valence-electron chi connectivity index (χ4n) is 1.40. The molecule has 98 valence electrons. The second-order valence-electron chi connectivity index (χ2n) is 3.73. The monoisotopic (exact) mass is 255 g/mol. The highest BCUT2D eigenvalue weighted by molar-refractivity contribution is 5.76. The maximum absolute atomic E-state index is 13.2. The van der Waals surface area contributed by atoms with Crippen molar-refractivity contribution in [1.82, 2.24) is 5.32 Å². The lowest BCUT2D eigenvalue weighted by Crippen LogP contribution is -2.21. The van der Waals surface area contributed by atoms with Gasteiger partial charge in [-0.2, -0.15) is 0 Å². The number of nitrogens with one attached hydrogen (secondary N) is 2. The number of hydrogen-bond donors (Lipinski definition) is 2. The first kappa shape index (κ1) is 13.9. The van der Waals surface area contributed by atoms with Crippen molar-refractivity contribution in [1.29, 1.82) is 0 Å². The minimum atomic E-state index is -0.662. The molecule has 0 unspecified atom stereocenters. The molecular formula is C11H14FN3O3. The van der Waals surface area contributed by atoms with Gasteiger partial charge in [0.15, 0.2) is 0 Å². The molecule has 0 bridgehead atoms. The van der Waals surface area contributed by atoms with Crippen LogP contribution in [0.15, 0.2) is 12.1 Å². The molecule has 0 fully saturated rings. The van der Waals surface area contributed by atoms with Crippen LogP contribution in [0.4, 0.5) is 15.8 Å². The summed E-state index contributed by atoms with van der Waals surface area (Å²) < 4.78 is 13.2. The Morgan fingerprint density at radius 1 is 1.50 bits per heavy atom. The largest absolute Gasteiger partial charge is 0.379 e. The maximum Gasteiger partial charge on any atom is 0.295 e. The highest BCUT2D eigenvalue weighted by Crippen LogP contribution is 2.27. The fourth-order valence-corrected chi connectivity index (χ4v) is 1.40. The summed E-state index contributed by atoms with van der Waals surface area (Å²) in [6.45, 7) is 1.76. The molecule has 0 atom stereocenters. The minimum Gasteiger partial charge on any atom is -0.379 e. The molecule has 18 heavy (non-hydrogen) atoms. The Hall–Kier alpha value is -2.18. The number of aryl methyl sites for hydroxylation is 1.